The summed E-state index contributed by atoms with van der Waals surface area (Å²) in [5.41, 5.74) is 0.297. The Morgan fingerprint density at radius 1 is 1.63 bits per heavy atom. The van der Waals surface area contributed by atoms with E-state index in [0.717, 1.165) is 12.8 Å². The molecule has 0 saturated heterocycles. The van der Waals surface area contributed by atoms with Crippen molar-refractivity contribution in [2.75, 3.05) is 5.32 Å². The van der Waals surface area contributed by atoms with Gasteiger partial charge in [0.1, 0.15) is 6.07 Å². The number of nitrogens with zero attached hydrogens (tertiary/aromatic N) is 1. The summed E-state index contributed by atoms with van der Waals surface area (Å²) in [6.07, 6.45) is 2.31. The summed E-state index contributed by atoms with van der Waals surface area (Å²) in [4.78, 5) is 11.4. The molecular weight excluding hydrogens is 264 g/mol. The Morgan fingerprint density at radius 2 is 2.37 bits per heavy atom. The molecule has 1 aliphatic rings. The first-order chi connectivity index (χ1) is 8.97. The summed E-state index contributed by atoms with van der Waals surface area (Å²) in [6.45, 7) is 1.75. The number of carbonyl (C=O) groups is 1. The molecule has 1 fully saturated rings. The van der Waals surface area contributed by atoms with Crippen molar-refractivity contribution in [2.24, 2.45) is 5.41 Å². The maximum absolute atomic E-state index is 11.4. The van der Waals surface area contributed by atoms with E-state index in [-0.39, 0.29) is 6.04 Å². The normalized spacial score (nSPS) is 25.8. The molecule has 0 heterocycles. The van der Waals surface area contributed by atoms with E-state index < -0.39 is 11.4 Å². The predicted octanol–water partition coefficient (Wildman–Crippen LogP) is 3.27. The van der Waals surface area contributed by atoms with Crippen molar-refractivity contribution in [3.63, 3.8) is 0 Å². The van der Waals surface area contributed by atoms with Gasteiger partial charge in [0.25, 0.3) is 0 Å². The Balaban J connectivity index is 2.27. The van der Waals surface area contributed by atoms with E-state index >= 15 is 0 Å². The van der Waals surface area contributed by atoms with Gasteiger partial charge in [-0.05, 0) is 38.0 Å². The van der Waals surface area contributed by atoms with E-state index in [4.69, 9.17) is 16.9 Å². The Morgan fingerprint density at radius 3 is 3.00 bits per heavy atom. The highest BCUT2D eigenvalue weighted by atomic mass is 35.5. The quantitative estimate of drug-likeness (QED) is 0.890. The molecule has 0 amide bonds. The van der Waals surface area contributed by atoms with E-state index in [1.54, 1.807) is 25.1 Å². The van der Waals surface area contributed by atoms with Gasteiger partial charge in [-0.25, -0.2) is 0 Å². The molecule has 4 nitrogen and oxygen atoms in total. The third-order valence-corrected chi connectivity index (χ3v) is 4.11. The van der Waals surface area contributed by atoms with Crippen LogP contribution in [-0.4, -0.2) is 17.1 Å². The van der Waals surface area contributed by atoms with Gasteiger partial charge in [0.05, 0.1) is 16.7 Å². The Labute approximate surface area is 117 Å². The second-order valence-electron chi connectivity index (χ2n) is 5.11. The van der Waals surface area contributed by atoms with Gasteiger partial charge in [-0.2, -0.15) is 5.26 Å². The number of hydrogen-bond donors (Lipinski definition) is 2. The van der Waals surface area contributed by atoms with Crippen molar-refractivity contribution in [1.82, 2.24) is 0 Å². The average molecular weight is 279 g/mol. The zero-order valence-corrected chi connectivity index (χ0v) is 11.4. The van der Waals surface area contributed by atoms with Crippen molar-refractivity contribution in [1.29, 1.82) is 5.26 Å². The second kappa shape index (κ2) is 5.10. The van der Waals surface area contributed by atoms with Gasteiger partial charge in [0.15, 0.2) is 0 Å². The third kappa shape index (κ3) is 2.52. The van der Waals surface area contributed by atoms with Crippen LogP contribution in [-0.2, 0) is 4.79 Å². The molecule has 1 aromatic carbocycles. The Hall–Kier alpha value is -1.73. The Kier molecular flexibility index (Phi) is 3.68. The summed E-state index contributed by atoms with van der Waals surface area (Å²) >= 11 is 5.85. The number of nitriles is 1. The molecule has 0 aromatic heterocycles. The highest BCUT2D eigenvalue weighted by Gasteiger charge is 2.45. The number of carboxylic acids is 1. The lowest BCUT2D eigenvalue weighted by atomic mass is 9.84. The lowest BCUT2D eigenvalue weighted by Gasteiger charge is -2.28. The molecule has 2 atom stereocenters. The highest BCUT2D eigenvalue weighted by molar-refractivity contribution is 6.30. The first kappa shape index (κ1) is 13.7. The van der Waals surface area contributed by atoms with Crippen molar-refractivity contribution < 1.29 is 9.90 Å². The summed E-state index contributed by atoms with van der Waals surface area (Å²) in [7, 11) is 0. The van der Waals surface area contributed by atoms with E-state index in [0.29, 0.717) is 22.7 Å². The van der Waals surface area contributed by atoms with Crippen LogP contribution < -0.4 is 5.32 Å². The maximum Gasteiger partial charge on any atom is 0.311 e. The van der Waals surface area contributed by atoms with Gasteiger partial charge < -0.3 is 10.4 Å². The van der Waals surface area contributed by atoms with Crippen LogP contribution in [0.4, 0.5) is 5.69 Å². The van der Waals surface area contributed by atoms with Crippen LogP contribution in [0.1, 0.15) is 31.7 Å². The van der Waals surface area contributed by atoms with Gasteiger partial charge in [-0.15, -0.1) is 0 Å². The number of benzene rings is 1. The second-order valence-corrected chi connectivity index (χ2v) is 5.55. The van der Waals surface area contributed by atoms with Crippen molar-refractivity contribution in [2.45, 2.75) is 32.2 Å². The molecule has 0 aliphatic heterocycles. The van der Waals surface area contributed by atoms with Crippen LogP contribution >= 0.6 is 11.6 Å². The number of hydrogen-bond acceptors (Lipinski definition) is 3. The molecular formula is C14H15ClN2O2. The van der Waals surface area contributed by atoms with E-state index in [1.165, 1.54) is 0 Å². The number of nitrogens with one attached hydrogen (secondary N) is 1. The first-order valence-electron chi connectivity index (χ1n) is 6.17. The predicted molar refractivity (Wildman–Crippen MR) is 73.2 cm³/mol. The highest BCUT2D eigenvalue weighted by Crippen LogP contribution is 2.40. The number of carboxylic acid groups (broad SMARTS) is 1. The molecule has 2 N–H and O–H groups in total. The monoisotopic (exact) mass is 278 g/mol. The maximum atomic E-state index is 11.4. The summed E-state index contributed by atoms with van der Waals surface area (Å²) in [6, 6.07) is 6.90. The largest absolute Gasteiger partial charge is 0.481 e. The zero-order valence-electron chi connectivity index (χ0n) is 10.6. The van der Waals surface area contributed by atoms with Crippen LogP contribution in [0.2, 0.25) is 5.02 Å². The molecule has 0 radical (unpaired) electrons. The minimum absolute atomic E-state index is 0.168. The smallest absolute Gasteiger partial charge is 0.311 e. The van der Waals surface area contributed by atoms with Crippen molar-refractivity contribution in [3.8, 4) is 6.07 Å². The topological polar surface area (TPSA) is 73.1 Å². The van der Waals surface area contributed by atoms with Crippen LogP contribution in [0.5, 0.6) is 0 Å². The van der Waals surface area contributed by atoms with Gasteiger partial charge in [-0.3, -0.25) is 4.79 Å². The zero-order chi connectivity index (χ0) is 14.0. The minimum Gasteiger partial charge on any atom is -0.481 e. The molecule has 0 bridgehead atoms. The number of rotatable bonds is 3. The van der Waals surface area contributed by atoms with Gasteiger partial charge >= 0.3 is 5.97 Å². The van der Waals surface area contributed by atoms with E-state index in [1.807, 2.05) is 0 Å². The van der Waals surface area contributed by atoms with Crippen LogP contribution in [0, 0.1) is 16.7 Å². The van der Waals surface area contributed by atoms with Crippen LogP contribution in [0.25, 0.3) is 0 Å². The fraction of sp³-hybridized carbons (Fsp3) is 0.429. The molecule has 0 spiro atoms. The molecule has 19 heavy (non-hydrogen) atoms. The molecule has 2 unspecified atom stereocenters. The lowest BCUT2D eigenvalue weighted by molar-refractivity contribution is -0.147. The van der Waals surface area contributed by atoms with Crippen LogP contribution in [0.15, 0.2) is 18.2 Å². The molecule has 2 rings (SSSR count). The molecule has 1 saturated carbocycles. The standard InChI is InChI=1S/C14H15ClN2O2/c1-14(13(18)19)6-2-3-12(14)17-11-5-4-10(15)7-9(11)8-16/h4-5,7,12,17H,2-3,6H2,1H3,(H,18,19). The molecule has 1 aliphatic carbocycles. The SMILES string of the molecule is CC1(C(=O)O)CCCC1Nc1ccc(Cl)cc1C#N. The number of aliphatic carboxylic acids is 1. The summed E-state index contributed by atoms with van der Waals surface area (Å²) < 4.78 is 0. The third-order valence-electron chi connectivity index (χ3n) is 3.88. The lowest BCUT2D eigenvalue weighted by Crippen LogP contribution is -2.40. The fourth-order valence-corrected chi connectivity index (χ4v) is 2.75. The van der Waals surface area contributed by atoms with Gasteiger partial charge in [-0.1, -0.05) is 18.0 Å². The summed E-state index contributed by atoms with van der Waals surface area (Å²) in [5.74, 6) is -0.796. The van der Waals surface area contributed by atoms with Gasteiger partial charge in [0.2, 0.25) is 0 Å². The first-order valence-corrected chi connectivity index (χ1v) is 6.55. The Bertz CT molecular complexity index is 553. The van der Waals surface area contributed by atoms with Crippen molar-refractivity contribution >= 4 is 23.3 Å². The average Bonchev–Trinajstić information content (AvgIpc) is 2.74. The van der Waals surface area contributed by atoms with E-state index in [2.05, 4.69) is 11.4 Å². The molecule has 5 heteroatoms. The molecule has 1 aromatic rings. The van der Waals surface area contributed by atoms with Gasteiger partial charge in [0, 0.05) is 11.1 Å². The number of halogens is 1. The van der Waals surface area contributed by atoms with Crippen molar-refractivity contribution in [3.05, 3.63) is 28.8 Å². The fourth-order valence-electron chi connectivity index (χ4n) is 2.58. The molecule has 100 valence electrons. The minimum atomic E-state index is -0.796. The van der Waals surface area contributed by atoms with E-state index in [9.17, 15) is 9.90 Å². The summed E-state index contributed by atoms with van der Waals surface area (Å²) in [5, 5.41) is 22.1. The van der Waals surface area contributed by atoms with Crippen LogP contribution in [0.3, 0.4) is 0 Å². The number of anilines is 1.